The number of piperazine rings is 2. The van der Waals surface area contributed by atoms with E-state index in [0.29, 0.717) is 17.1 Å². The number of hydrogen-bond donors (Lipinski definition) is 2. The van der Waals surface area contributed by atoms with Gasteiger partial charge < -0.3 is 30.2 Å². The van der Waals surface area contributed by atoms with Crippen LogP contribution in [0.1, 0.15) is 32.1 Å². The number of rotatable bonds is 6. The van der Waals surface area contributed by atoms with E-state index >= 15 is 0 Å². The van der Waals surface area contributed by atoms with Crippen molar-refractivity contribution in [3.05, 3.63) is 66.7 Å². The molecule has 2 aromatic carbocycles. The molecule has 3 aliphatic rings. The van der Waals surface area contributed by atoms with Gasteiger partial charge in [0.1, 0.15) is 11.6 Å². The van der Waals surface area contributed by atoms with Crippen LogP contribution in [-0.4, -0.2) is 73.5 Å². The lowest BCUT2D eigenvalue weighted by atomic mass is 9.96. The summed E-state index contributed by atoms with van der Waals surface area (Å²) in [6, 6.07) is 23.9. The summed E-state index contributed by atoms with van der Waals surface area (Å²) in [6.07, 6.45) is 6.19. The van der Waals surface area contributed by atoms with Crippen LogP contribution in [0.25, 0.3) is 0 Å². The fraction of sp³-hybridized carbons (Fsp3) is 0.452. The predicted molar refractivity (Wildman–Crippen MR) is 170 cm³/mol. The fourth-order valence-electron chi connectivity index (χ4n) is 6.04. The smallest absolute Gasteiger partial charge is 0.232 e. The number of hydrogen-bond acceptors (Lipinski definition) is 7. The molecule has 6 rings (SSSR count). The molecule has 8 nitrogen and oxygen atoms in total. The minimum atomic E-state index is 0.438. The Bertz CT molecular complexity index is 1160. The molecule has 2 aliphatic heterocycles. The zero-order valence-corrected chi connectivity index (χ0v) is 24.0. The second-order valence-corrected chi connectivity index (χ2v) is 11.4. The van der Waals surface area contributed by atoms with E-state index in [-0.39, 0.29) is 0 Å². The molecule has 1 aliphatic carbocycles. The zero-order valence-electron chi connectivity index (χ0n) is 23.2. The maximum atomic E-state index is 5.71. The standard InChI is InChI=1S/C31H40N8S/c40-31(32-25-10-4-1-5-11-25)35-30-33-28(38-20-16-36(17-21-38)26-12-6-2-7-13-26)24-29(34-30)39-22-18-37(19-23-39)27-14-8-3-9-15-27/h2-3,6-9,12-15,24-25H,1,4-5,10-11,16-23H2,(H2,32,33,34,35,40). The Labute approximate surface area is 243 Å². The highest BCUT2D eigenvalue weighted by Crippen LogP contribution is 2.26. The lowest BCUT2D eigenvalue weighted by Crippen LogP contribution is -2.48. The first kappa shape index (κ1) is 26.6. The molecule has 40 heavy (non-hydrogen) atoms. The third kappa shape index (κ3) is 6.58. The summed E-state index contributed by atoms with van der Waals surface area (Å²) in [6.45, 7) is 7.50. The molecule has 0 atom stereocenters. The van der Waals surface area contributed by atoms with E-state index < -0.39 is 0 Å². The van der Waals surface area contributed by atoms with E-state index in [0.717, 1.165) is 64.0 Å². The first-order chi connectivity index (χ1) is 19.7. The molecule has 1 aromatic heterocycles. The van der Waals surface area contributed by atoms with Crippen molar-refractivity contribution >= 4 is 46.3 Å². The molecule has 2 N–H and O–H groups in total. The minimum absolute atomic E-state index is 0.438. The SMILES string of the molecule is S=C(Nc1nc(N2CCN(c3ccccc3)CC2)cc(N2CCN(c3ccccc3)CC2)n1)NC1CCCCC1. The van der Waals surface area contributed by atoms with Gasteiger partial charge in [-0.3, -0.25) is 0 Å². The molecule has 2 saturated heterocycles. The molecule has 3 fully saturated rings. The van der Waals surface area contributed by atoms with Crippen LogP contribution in [-0.2, 0) is 0 Å². The van der Waals surface area contributed by atoms with Gasteiger partial charge in [-0.05, 0) is 49.3 Å². The van der Waals surface area contributed by atoms with E-state index in [1.807, 2.05) is 0 Å². The number of thiocarbonyl (C=S) groups is 1. The van der Waals surface area contributed by atoms with Crippen molar-refractivity contribution in [1.29, 1.82) is 0 Å². The summed E-state index contributed by atoms with van der Waals surface area (Å²) in [5.41, 5.74) is 2.56. The van der Waals surface area contributed by atoms with Crippen LogP contribution in [0.15, 0.2) is 66.7 Å². The number of aromatic nitrogens is 2. The first-order valence-corrected chi connectivity index (χ1v) is 15.2. The molecule has 0 amide bonds. The maximum Gasteiger partial charge on any atom is 0.232 e. The van der Waals surface area contributed by atoms with Crippen molar-refractivity contribution in [2.75, 3.05) is 77.3 Å². The molecule has 1 saturated carbocycles. The molecular formula is C31H40N8S. The number of nitrogens with zero attached hydrogens (tertiary/aromatic N) is 6. The molecule has 0 spiro atoms. The van der Waals surface area contributed by atoms with Gasteiger partial charge in [-0.1, -0.05) is 55.7 Å². The van der Waals surface area contributed by atoms with Gasteiger partial charge in [-0.25, -0.2) is 0 Å². The summed E-state index contributed by atoms with van der Waals surface area (Å²) < 4.78 is 0. The summed E-state index contributed by atoms with van der Waals surface area (Å²) in [4.78, 5) is 19.6. The van der Waals surface area contributed by atoms with Crippen molar-refractivity contribution in [2.45, 2.75) is 38.1 Å². The topological polar surface area (TPSA) is 62.8 Å². The maximum absolute atomic E-state index is 5.71. The Morgan fingerprint density at radius 1 is 0.625 bits per heavy atom. The highest BCUT2D eigenvalue weighted by Gasteiger charge is 2.24. The van der Waals surface area contributed by atoms with Crippen LogP contribution >= 0.6 is 12.2 Å². The Balaban J connectivity index is 1.17. The lowest BCUT2D eigenvalue weighted by Gasteiger charge is -2.38. The molecule has 0 bridgehead atoms. The van der Waals surface area contributed by atoms with Crippen molar-refractivity contribution in [3.63, 3.8) is 0 Å². The minimum Gasteiger partial charge on any atom is -0.368 e. The average molecular weight is 557 g/mol. The molecule has 210 valence electrons. The van der Waals surface area contributed by atoms with E-state index in [1.165, 1.54) is 43.5 Å². The first-order valence-electron chi connectivity index (χ1n) is 14.8. The Hall–Kier alpha value is -3.59. The second-order valence-electron chi connectivity index (χ2n) is 11.0. The summed E-state index contributed by atoms with van der Waals surface area (Å²) in [5, 5.41) is 7.48. The predicted octanol–water partition coefficient (Wildman–Crippen LogP) is 4.75. The van der Waals surface area contributed by atoms with Gasteiger partial charge in [-0.2, -0.15) is 9.97 Å². The van der Waals surface area contributed by atoms with Crippen LogP contribution in [0.5, 0.6) is 0 Å². The summed E-state index contributed by atoms with van der Waals surface area (Å²) >= 11 is 5.71. The third-order valence-electron chi connectivity index (χ3n) is 8.31. The quantitative estimate of drug-likeness (QED) is 0.419. The van der Waals surface area contributed by atoms with Gasteiger partial charge in [0.15, 0.2) is 5.11 Å². The normalized spacial score (nSPS) is 18.5. The summed E-state index contributed by atoms with van der Waals surface area (Å²) in [5.74, 6) is 2.51. The number of anilines is 5. The third-order valence-corrected chi connectivity index (χ3v) is 8.53. The van der Waals surface area contributed by atoms with E-state index in [1.54, 1.807) is 0 Å². The monoisotopic (exact) mass is 556 g/mol. The molecular weight excluding hydrogens is 516 g/mol. The van der Waals surface area contributed by atoms with E-state index in [4.69, 9.17) is 22.2 Å². The molecule has 3 aromatic rings. The average Bonchev–Trinajstić information content (AvgIpc) is 3.02. The van der Waals surface area contributed by atoms with Gasteiger partial charge in [-0.15, -0.1) is 0 Å². The van der Waals surface area contributed by atoms with Gasteiger partial charge >= 0.3 is 0 Å². The molecule has 3 heterocycles. The number of para-hydroxylation sites is 2. The van der Waals surface area contributed by atoms with Crippen LogP contribution in [0.3, 0.4) is 0 Å². The van der Waals surface area contributed by atoms with Gasteiger partial charge in [0.2, 0.25) is 5.95 Å². The van der Waals surface area contributed by atoms with E-state index in [2.05, 4.69) is 97.0 Å². The van der Waals surface area contributed by atoms with Crippen molar-refractivity contribution in [3.8, 4) is 0 Å². The van der Waals surface area contributed by atoms with Gasteiger partial charge in [0, 0.05) is 75.8 Å². The Morgan fingerprint density at radius 3 is 1.55 bits per heavy atom. The highest BCUT2D eigenvalue weighted by atomic mass is 32.1. The summed E-state index contributed by atoms with van der Waals surface area (Å²) in [7, 11) is 0. The van der Waals surface area contributed by atoms with Gasteiger partial charge in [0.25, 0.3) is 0 Å². The lowest BCUT2D eigenvalue weighted by molar-refractivity contribution is 0.414. The molecule has 0 radical (unpaired) electrons. The molecule has 0 unspecified atom stereocenters. The number of nitrogens with one attached hydrogen (secondary N) is 2. The second kappa shape index (κ2) is 12.7. The van der Waals surface area contributed by atoms with Crippen molar-refractivity contribution < 1.29 is 0 Å². The van der Waals surface area contributed by atoms with Crippen LogP contribution in [0, 0.1) is 0 Å². The van der Waals surface area contributed by atoms with Crippen LogP contribution in [0.2, 0.25) is 0 Å². The Morgan fingerprint density at radius 2 is 1.07 bits per heavy atom. The van der Waals surface area contributed by atoms with E-state index in [9.17, 15) is 0 Å². The van der Waals surface area contributed by atoms with Crippen LogP contribution < -0.4 is 30.2 Å². The molecule has 9 heteroatoms. The van der Waals surface area contributed by atoms with Gasteiger partial charge in [0.05, 0.1) is 0 Å². The van der Waals surface area contributed by atoms with Crippen molar-refractivity contribution in [1.82, 2.24) is 15.3 Å². The Kier molecular flexibility index (Phi) is 8.47. The largest absolute Gasteiger partial charge is 0.368 e. The number of benzene rings is 2. The van der Waals surface area contributed by atoms with Crippen molar-refractivity contribution in [2.24, 2.45) is 0 Å². The fourth-order valence-corrected chi connectivity index (χ4v) is 6.29. The van der Waals surface area contributed by atoms with Crippen LogP contribution in [0.4, 0.5) is 29.0 Å². The zero-order chi connectivity index (χ0) is 27.1. The highest BCUT2D eigenvalue weighted by molar-refractivity contribution is 7.80.